The Morgan fingerprint density at radius 1 is 0.949 bits per heavy atom. The molecule has 2 aliphatic heterocycles. The second kappa shape index (κ2) is 16.3. The molecule has 1 aliphatic carbocycles. The van der Waals surface area contributed by atoms with Gasteiger partial charge in [-0.2, -0.15) is 0 Å². The molecule has 3 rings (SSSR count). The molecule has 39 heavy (non-hydrogen) atoms. The van der Waals surface area contributed by atoms with Crippen LogP contribution in [0.1, 0.15) is 137 Å². The standard InChI is InChI=1S/C34H58O5/c1-6-7-8-9-10-11-12-13-14-15-16-17-18-19-20-21-30(35)38-28-24-25-34(26-37-34)32(31(28)36-5)33(4)29(39-33)23-22-27(2)3/h13-14,22,28-29,31-32H,6-12,15-21,23-26H2,1-5H3. The minimum absolute atomic E-state index is 0.0805. The van der Waals surface area contributed by atoms with Gasteiger partial charge in [-0.1, -0.05) is 82.1 Å². The largest absolute Gasteiger partial charge is 0.460 e. The van der Waals surface area contributed by atoms with E-state index in [2.05, 4.69) is 45.9 Å². The third-order valence-electron chi connectivity index (χ3n) is 9.16. The third kappa shape index (κ3) is 10.0. The van der Waals surface area contributed by atoms with Gasteiger partial charge in [0.05, 0.1) is 18.6 Å². The van der Waals surface area contributed by atoms with E-state index >= 15 is 0 Å². The van der Waals surface area contributed by atoms with Crippen molar-refractivity contribution in [3.63, 3.8) is 0 Å². The zero-order valence-corrected chi connectivity index (χ0v) is 25.8. The Morgan fingerprint density at radius 3 is 2.15 bits per heavy atom. The monoisotopic (exact) mass is 546 g/mol. The van der Waals surface area contributed by atoms with Crippen LogP contribution in [0.3, 0.4) is 0 Å². The lowest BCUT2D eigenvalue weighted by Gasteiger charge is -2.42. The van der Waals surface area contributed by atoms with Crippen molar-refractivity contribution in [1.29, 1.82) is 0 Å². The number of rotatable bonds is 20. The Bertz CT molecular complexity index is 780. The highest BCUT2D eigenvalue weighted by atomic mass is 16.6. The number of epoxide rings is 2. The molecule has 2 saturated heterocycles. The van der Waals surface area contributed by atoms with Gasteiger partial charge in [0.15, 0.2) is 0 Å². The Hall–Kier alpha value is -1.17. The van der Waals surface area contributed by atoms with E-state index < -0.39 is 0 Å². The molecule has 224 valence electrons. The second-order valence-electron chi connectivity index (χ2n) is 12.7. The summed E-state index contributed by atoms with van der Waals surface area (Å²) in [6.07, 6.45) is 26.1. The van der Waals surface area contributed by atoms with Crippen LogP contribution in [0.5, 0.6) is 0 Å². The molecule has 3 fully saturated rings. The smallest absolute Gasteiger partial charge is 0.306 e. The molecule has 1 spiro atoms. The molecule has 0 aromatic heterocycles. The summed E-state index contributed by atoms with van der Waals surface area (Å²) in [5, 5.41) is 0. The zero-order valence-electron chi connectivity index (χ0n) is 25.8. The van der Waals surface area contributed by atoms with E-state index in [1.807, 2.05) is 0 Å². The summed E-state index contributed by atoms with van der Waals surface area (Å²) in [5.41, 5.74) is 0.832. The fourth-order valence-electron chi connectivity index (χ4n) is 6.64. The van der Waals surface area contributed by atoms with Crippen molar-refractivity contribution in [3.8, 4) is 0 Å². The van der Waals surface area contributed by atoms with Gasteiger partial charge in [-0.3, -0.25) is 4.79 Å². The molecule has 0 radical (unpaired) electrons. The highest BCUT2D eigenvalue weighted by Gasteiger charge is 2.72. The minimum Gasteiger partial charge on any atom is -0.460 e. The highest BCUT2D eigenvalue weighted by molar-refractivity contribution is 5.69. The first kappa shape index (κ1) is 32.3. The lowest BCUT2D eigenvalue weighted by atomic mass is 9.68. The van der Waals surface area contributed by atoms with Crippen LogP contribution in [0, 0.1) is 5.92 Å². The van der Waals surface area contributed by atoms with Gasteiger partial charge in [-0.05, 0) is 72.1 Å². The molecule has 5 nitrogen and oxygen atoms in total. The maximum absolute atomic E-state index is 12.7. The van der Waals surface area contributed by atoms with Crippen LogP contribution in [-0.2, 0) is 23.7 Å². The molecule has 6 atom stereocenters. The van der Waals surface area contributed by atoms with Gasteiger partial charge in [0.2, 0.25) is 0 Å². The van der Waals surface area contributed by atoms with Crippen molar-refractivity contribution < 1.29 is 23.7 Å². The third-order valence-corrected chi connectivity index (χ3v) is 9.16. The first-order valence-electron chi connectivity index (χ1n) is 16.2. The highest BCUT2D eigenvalue weighted by Crippen LogP contribution is 2.59. The van der Waals surface area contributed by atoms with E-state index in [4.69, 9.17) is 18.9 Å². The Balaban J connectivity index is 1.29. The predicted octanol–water partition coefficient (Wildman–Crippen LogP) is 8.64. The van der Waals surface area contributed by atoms with Crippen molar-refractivity contribution >= 4 is 5.97 Å². The van der Waals surface area contributed by atoms with Crippen LogP contribution >= 0.6 is 0 Å². The first-order chi connectivity index (χ1) is 18.9. The normalized spacial score (nSPS) is 31.5. The lowest BCUT2D eigenvalue weighted by Crippen LogP contribution is -2.55. The topological polar surface area (TPSA) is 60.6 Å². The van der Waals surface area contributed by atoms with Gasteiger partial charge in [0, 0.05) is 13.5 Å². The number of hydrogen-bond donors (Lipinski definition) is 0. The summed E-state index contributed by atoms with van der Waals surface area (Å²) in [6, 6.07) is 0. The number of unbranched alkanes of at least 4 members (excludes halogenated alkanes) is 11. The van der Waals surface area contributed by atoms with E-state index in [0.717, 1.165) is 38.7 Å². The molecular weight excluding hydrogens is 488 g/mol. The Labute approximate surface area is 239 Å². The van der Waals surface area contributed by atoms with Crippen LogP contribution in [0.4, 0.5) is 0 Å². The molecule has 0 aromatic rings. The summed E-state index contributed by atoms with van der Waals surface area (Å²) in [5.74, 6) is -0.00833. The Morgan fingerprint density at radius 2 is 1.56 bits per heavy atom. The van der Waals surface area contributed by atoms with Crippen molar-refractivity contribution in [2.24, 2.45) is 5.92 Å². The number of methoxy groups -OCH3 is 1. The number of esters is 1. The summed E-state index contributed by atoms with van der Waals surface area (Å²) >= 11 is 0. The predicted molar refractivity (Wildman–Crippen MR) is 159 cm³/mol. The second-order valence-corrected chi connectivity index (χ2v) is 12.7. The van der Waals surface area contributed by atoms with Crippen LogP contribution < -0.4 is 0 Å². The summed E-state index contributed by atoms with van der Waals surface area (Å²) < 4.78 is 24.3. The first-order valence-corrected chi connectivity index (χ1v) is 16.2. The molecule has 0 amide bonds. The van der Waals surface area contributed by atoms with Gasteiger partial charge in [-0.25, -0.2) is 0 Å². The molecule has 1 saturated carbocycles. The quantitative estimate of drug-likeness (QED) is 0.0662. The van der Waals surface area contributed by atoms with E-state index in [9.17, 15) is 4.79 Å². The minimum atomic E-state index is -0.294. The maximum atomic E-state index is 12.7. The number of hydrogen-bond acceptors (Lipinski definition) is 5. The van der Waals surface area contributed by atoms with Crippen LogP contribution in [0.2, 0.25) is 0 Å². The molecule has 0 bridgehead atoms. The number of carbonyl (C=O) groups excluding carboxylic acids is 1. The van der Waals surface area contributed by atoms with E-state index in [1.165, 1.54) is 76.2 Å². The zero-order chi connectivity index (χ0) is 28.1. The van der Waals surface area contributed by atoms with Gasteiger partial charge < -0.3 is 18.9 Å². The van der Waals surface area contributed by atoms with Crippen molar-refractivity contribution in [3.05, 3.63) is 23.8 Å². The average Bonchev–Trinajstić information content (AvgIpc) is 3.83. The van der Waals surface area contributed by atoms with Gasteiger partial charge >= 0.3 is 5.97 Å². The average molecular weight is 547 g/mol. The Kier molecular flexibility index (Phi) is 13.5. The SMILES string of the molecule is CCCCCCCCC=CCCCCCCCC(=O)OC1CCC2(CO2)C(C2(C)OC2CC=C(C)C)C1OC. The van der Waals surface area contributed by atoms with Crippen LogP contribution in [0.15, 0.2) is 23.8 Å². The van der Waals surface area contributed by atoms with Gasteiger partial charge in [0.1, 0.15) is 23.4 Å². The molecule has 0 aromatic carbocycles. The number of allylic oxidation sites excluding steroid dienone is 3. The maximum Gasteiger partial charge on any atom is 0.306 e. The van der Waals surface area contributed by atoms with E-state index in [1.54, 1.807) is 7.11 Å². The van der Waals surface area contributed by atoms with Crippen LogP contribution in [0.25, 0.3) is 0 Å². The van der Waals surface area contributed by atoms with Gasteiger partial charge in [0.25, 0.3) is 0 Å². The lowest BCUT2D eigenvalue weighted by molar-refractivity contribution is -0.172. The van der Waals surface area contributed by atoms with Crippen molar-refractivity contribution in [2.45, 2.75) is 166 Å². The molecule has 2 heterocycles. The van der Waals surface area contributed by atoms with E-state index in [0.29, 0.717) is 6.42 Å². The fourth-order valence-corrected chi connectivity index (χ4v) is 6.64. The molecule has 5 heteroatoms. The number of ether oxygens (including phenoxy) is 4. The van der Waals surface area contributed by atoms with Crippen molar-refractivity contribution in [1.82, 2.24) is 0 Å². The molecule has 6 unspecified atom stereocenters. The van der Waals surface area contributed by atoms with Crippen molar-refractivity contribution in [2.75, 3.05) is 13.7 Å². The van der Waals surface area contributed by atoms with E-state index in [-0.39, 0.29) is 41.4 Å². The summed E-state index contributed by atoms with van der Waals surface area (Å²) in [7, 11) is 1.74. The fraction of sp³-hybridized carbons (Fsp3) is 0.853. The molecule has 0 N–H and O–H groups in total. The van der Waals surface area contributed by atoms with Crippen LogP contribution in [-0.4, -0.2) is 49.2 Å². The summed E-state index contributed by atoms with van der Waals surface area (Å²) in [4.78, 5) is 12.7. The molecular formula is C34H58O5. The van der Waals surface area contributed by atoms with Gasteiger partial charge in [-0.15, -0.1) is 0 Å². The number of carbonyl (C=O) groups is 1. The molecule has 3 aliphatic rings. The summed E-state index contributed by atoms with van der Waals surface area (Å²) in [6.45, 7) is 9.45.